The first-order chi connectivity index (χ1) is 6.65. The van der Waals surface area contributed by atoms with E-state index in [1.54, 1.807) is 6.08 Å². The molecule has 76 valence electrons. The molecule has 1 rings (SSSR count). The van der Waals surface area contributed by atoms with Crippen LogP contribution in [0.5, 0.6) is 0 Å². The number of nitrogen functional groups attached to an aromatic ring is 1. The number of rotatable bonds is 3. The maximum atomic E-state index is 13.1. The number of halogens is 2. The van der Waals surface area contributed by atoms with Crippen molar-refractivity contribution in [2.24, 2.45) is 5.73 Å². The van der Waals surface area contributed by atoms with Crippen molar-refractivity contribution in [3.05, 3.63) is 35.4 Å². The molecule has 0 fully saturated rings. The van der Waals surface area contributed by atoms with Gasteiger partial charge in [-0.2, -0.15) is 0 Å². The van der Waals surface area contributed by atoms with Crippen molar-refractivity contribution in [2.75, 3.05) is 12.3 Å². The van der Waals surface area contributed by atoms with E-state index in [0.717, 1.165) is 12.1 Å². The normalized spacial score (nSPS) is 11.1. The fraction of sp³-hybridized carbons (Fsp3) is 0.200. The van der Waals surface area contributed by atoms with Crippen molar-refractivity contribution in [1.82, 2.24) is 0 Å². The van der Waals surface area contributed by atoms with Gasteiger partial charge in [0.2, 0.25) is 0 Å². The van der Waals surface area contributed by atoms with Crippen LogP contribution >= 0.6 is 0 Å². The van der Waals surface area contributed by atoms with Gasteiger partial charge in [0.15, 0.2) is 0 Å². The Hall–Kier alpha value is -1.42. The van der Waals surface area contributed by atoms with Crippen LogP contribution in [-0.4, -0.2) is 6.54 Å². The highest BCUT2D eigenvalue weighted by molar-refractivity contribution is 5.55. The zero-order chi connectivity index (χ0) is 10.6. The second kappa shape index (κ2) is 4.72. The first-order valence-corrected chi connectivity index (χ1v) is 4.26. The number of benzene rings is 1. The SMILES string of the molecule is NCCC=Cc1c(F)cc(N)cc1F. The van der Waals surface area contributed by atoms with Crippen LogP contribution in [0.4, 0.5) is 14.5 Å². The van der Waals surface area contributed by atoms with E-state index in [-0.39, 0.29) is 11.3 Å². The monoisotopic (exact) mass is 198 g/mol. The molecule has 0 aliphatic heterocycles. The molecule has 0 saturated carbocycles. The van der Waals surface area contributed by atoms with Gasteiger partial charge in [-0.15, -0.1) is 0 Å². The van der Waals surface area contributed by atoms with E-state index in [2.05, 4.69) is 0 Å². The van der Waals surface area contributed by atoms with Crippen LogP contribution in [0.3, 0.4) is 0 Å². The molecule has 1 aromatic rings. The van der Waals surface area contributed by atoms with Crippen LogP contribution in [0.2, 0.25) is 0 Å². The van der Waals surface area contributed by atoms with E-state index >= 15 is 0 Å². The van der Waals surface area contributed by atoms with E-state index in [9.17, 15) is 8.78 Å². The molecule has 0 heterocycles. The van der Waals surface area contributed by atoms with Gasteiger partial charge in [0, 0.05) is 11.3 Å². The zero-order valence-corrected chi connectivity index (χ0v) is 7.63. The van der Waals surface area contributed by atoms with E-state index in [1.165, 1.54) is 6.08 Å². The largest absolute Gasteiger partial charge is 0.399 e. The maximum Gasteiger partial charge on any atom is 0.135 e. The lowest BCUT2D eigenvalue weighted by molar-refractivity contribution is 0.580. The summed E-state index contributed by atoms with van der Waals surface area (Å²) in [5.74, 6) is -1.31. The van der Waals surface area contributed by atoms with Gasteiger partial charge in [0.05, 0.1) is 0 Å². The summed E-state index contributed by atoms with van der Waals surface area (Å²) in [5, 5.41) is 0. The van der Waals surface area contributed by atoms with Gasteiger partial charge in [-0.1, -0.05) is 12.2 Å². The highest BCUT2D eigenvalue weighted by Crippen LogP contribution is 2.18. The predicted octanol–water partition coefficient (Wildman–Crippen LogP) is 1.91. The average Bonchev–Trinajstić information content (AvgIpc) is 2.09. The Morgan fingerprint density at radius 1 is 1.21 bits per heavy atom. The molecule has 0 aliphatic rings. The molecule has 0 aliphatic carbocycles. The topological polar surface area (TPSA) is 52.0 Å². The summed E-state index contributed by atoms with van der Waals surface area (Å²) in [7, 11) is 0. The van der Waals surface area contributed by atoms with Crippen LogP contribution in [0, 0.1) is 11.6 Å². The van der Waals surface area contributed by atoms with Crippen molar-refractivity contribution >= 4 is 11.8 Å². The number of hydrogen-bond donors (Lipinski definition) is 2. The number of nitrogens with two attached hydrogens (primary N) is 2. The molecule has 0 spiro atoms. The van der Waals surface area contributed by atoms with Crippen LogP contribution in [-0.2, 0) is 0 Å². The van der Waals surface area contributed by atoms with Gasteiger partial charge in [0.25, 0.3) is 0 Å². The minimum atomic E-state index is -0.657. The standard InChI is InChI=1S/C10H12F2N2/c11-9-5-7(14)6-10(12)8(9)3-1-2-4-13/h1,3,5-6H,2,4,13-14H2. The van der Waals surface area contributed by atoms with Gasteiger partial charge in [-0.05, 0) is 25.1 Å². The second-order valence-corrected chi connectivity index (χ2v) is 2.88. The summed E-state index contributed by atoms with van der Waals surface area (Å²) in [5.41, 5.74) is 10.5. The summed E-state index contributed by atoms with van der Waals surface area (Å²) in [4.78, 5) is 0. The summed E-state index contributed by atoms with van der Waals surface area (Å²) >= 11 is 0. The van der Waals surface area contributed by atoms with Crippen molar-refractivity contribution in [3.8, 4) is 0 Å². The first kappa shape index (κ1) is 10.7. The Morgan fingerprint density at radius 2 is 1.79 bits per heavy atom. The quantitative estimate of drug-likeness (QED) is 0.729. The van der Waals surface area contributed by atoms with Crippen molar-refractivity contribution in [1.29, 1.82) is 0 Å². The van der Waals surface area contributed by atoms with E-state index in [0.29, 0.717) is 13.0 Å². The fourth-order valence-corrected chi connectivity index (χ4v) is 1.06. The lowest BCUT2D eigenvalue weighted by Gasteiger charge is -2.00. The van der Waals surface area contributed by atoms with Gasteiger partial charge >= 0.3 is 0 Å². The Labute approximate surface area is 81.2 Å². The number of anilines is 1. The predicted molar refractivity (Wildman–Crippen MR) is 53.5 cm³/mol. The molecule has 0 aromatic heterocycles. The summed E-state index contributed by atoms with van der Waals surface area (Å²) < 4.78 is 26.3. The lowest BCUT2D eigenvalue weighted by Crippen LogP contribution is -1.96. The van der Waals surface area contributed by atoms with Gasteiger partial charge in [-0.3, -0.25) is 0 Å². The highest BCUT2D eigenvalue weighted by Gasteiger charge is 2.06. The van der Waals surface area contributed by atoms with Gasteiger partial charge in [-0.25, -0.2) is 8.78 Å². The van der Waals surface area contributed by atoms with E-state index in [1.807, 2.05) is 0 Å². The molecule has 0 amide bonds. The Kier molecular flexibility index (Phi) is 3.59. The van der Waals surface area contributed by atoms with Crippen LogP contribution < -0.4 is 11.5 Å². The summed E-state index contributed by atoms with van der Waals surface area (Å²) in [6.45, 7) is 0.453. The summed E-state index contributed by atoms with van der Waals surface area (Å²) in [6.07, 6.45) is 3.58. The molecule has 0 bridgehead atoms. The number of hydrogen-bond acceptors (Lipinski definition) is 2. The average molecular weight is 198 g/mol. The Bertz CT molecular complexity index is 325. The van der Waals surface area contributed by atoms with Gasteiger partial charge in [0.1, 0.15) is 11.6 Å². The molecule has 0 unspecified atom stereocenters. The molecule has 2 nitrogen and oxygen atoms in total. The van der Waals surface area contributed by atoms with Crippen molar-refractivity contribution in [3.63, 3.8) is 0 Å². The maximum absolute atomic E-state index is 13.1. The molecule has 0 saturated heterocycles. The molecule has 1 aromatic carbocycles. The van der Waals surface area contributed by atoms with E-state index < -0.39 is 11.6 Å². The third kappa shape index (κ3) is 2.53. The third-order valence-corrected chi connectivity index (χ3v) is 1.72. The molecule has 4 N–H and O–H groups in total. The van der Waals surface area contributed by atoms with E-state index in [4.69, 9.17) is 11.5 Å². The Balaban J connectivity index is 2.96. The third-order valence-electron chi connectivity index (χ3n) is 1.72. The molecular formula is C10H12F2N2. The van der Waals surface area contributed by atoms with Gasteiger partial charge < -0.3 is 11.5 Å². The van der Waals surface area contributed by atoms with Crippen molar-refractivity contribution in [2.45, 2.75) is 6.42 Å². The summed E-state index contributed by atoms with van der Waals surface area (Å²) in [6, 6.07) is 2.18. The molecule has 0 radical (unpaired) electrons. The zero-order valence-electron chi connectivity index (χ0n) is 7.63. The molecular weight excluding hydrogens is 186 g/mol. The highest BCUT2D eigenvalue weighted by atomic mass is 19.1. The minimum absolute atomic E-state index is 0.0762. The van der Waals surface area contributed by atoms with Crippen LogP contribution in [0.15, 0.2) is 18.2 Å². The Morgan fingerprint density at radius 3 is 2.29 bits per heavy atom. The van der Waals surface area contributed by atoms with Crippen LogP contribution in [0.1, 0.15) is 12.0 Å². The minimum Gasteiger partial charge on any atom is -0.399 e. The molecule has 4 heteroatoms. The van der Waals surface area contributed by atoms with Crippen molar-refractivity contribution < 1.29 is 8.78 Å². The first-order valence-electron chi connectivity index (χ1n) is 4.26. The molecule has 0 atom stereocenters. The lowest BCUT2D eigenvalue weighted by atomic mass is 10.1. The fourth-order valence-electron chi connectivity index (χ4n) is 1.06. The van der Waals surface area contributed by atoms with Crippen LogP contribution in [0.25, 0.3) is 6.08 Å². The smallest absolute Gasteiger partial charge is 0.135 e. The molecule has 14 heavy (non-hydrogen) atoms. The second-order valence-electron chi connectivity index (χ2n) is 2.88.